The Labute approximate surface area is 317 Å². The Morgan fingerprint density at radius 1 is 0.981 bits per heavy atom. The maximum Gasteiger partial charge on any atom is 0.309 e. The Balaban J connectivity index is 1.26. The molecule has 5 aliphatic rings. The highest BCUT2D eigenvalue weighted by atomic mass is 35.5. The molecule has 0 amide bonds. The molecule has 52 heavy (non-hydrogen) atoms. The van der Waals surface area contributed by atoms with Gasteiger partial charge < -0.3 is 14.9 Å². The molecule has 0 spiro atoms. The number of aryl methyl sites for hydroxylation is 1. The Bertz CT molecular complexity index is 1610. The zero-order chi connectivity index (χ0) is 38.2. The Hall–Kier alpha value is -2.25. The number of rotatable bonds is 10. The summed E-state index contributed by atoms with van der Waals surface area (Å²) in [5.74, 6) is 0.0872. The van der Waals surface area contributed by atoms with E-state index in [1.54, 1.807) is 20.0 Å². The normalized spacial score (nSPS) is 37.5. The molecule has 0 aromatic carbocycles. The molecule has 4 saturated carbocycles. The van der Waals surface area contributed by atoms with Crippen molar-refractivity contribution in [1.82, 2.24) is 4.98 Å². The van der Waals surface area contributed by atoms with Gasteiger partial charge in [-0.3, -0.25) is 19.4 Å². The quantitative estimate of drug-likeness (QED) is 0.230. The van der Waals surface area contributed by atoms with Gasteiger partial charge in [0.2, 0.25) is 0 Å². The van der Waals surface area contributed by atoms with Gasteiger partial charge >= 0.3 is 11.9 Å². The van der Waals surface area contributed by atoms with E-state index < -0.39 is 28.9 Å². The van der Waals surface area contributed by atoms with Crippen molar-refractivity contribution in [3.63, 3.8) is 0 Å². The van der Waals surface area contributed by atoms with E-state index in [1.807, 2.05) is 12.1 Å². The van der Waals surface area contributed by atoms with Crippen LogP contribution in [0.1, 0.15) is 145 Å². The molecule has 8 heteroatoms. The minimum Gasteiger partial charge on any atom is -0.481 e. The van der Waals surface area contributed by atoms with Gasteiger partial charge in [-0.1, -0.05) is 65.6 Å². The first-order valence-electron chi connectivity index (χ1n) is 20.1. The number of carboxylic acids is 1. The number of Topliss-reactive ketones (excluding diaryl/α,β-unsaturated/α-hetero) is 1. The Morgan fingerprint density at radius 3 is 2.33 bits per heavy atom. The lowest BCUT2D eigenvalue weighted by Gasteiger charge is -2.72. The molecule has 4 fully saturated rings. The van der Waals surface area contributed by atoms with Gasteiger partial charge in [-0.05, 0) is 142 Å². The second kappa shape index (κ2) is 13.5. The van der Waals surface area contributed by atoms with Crippen LogP contribution in [0.5, 0.6) is 0 Å². The summed E-state index contributed by atoms with van der Waals surface area (Å²) in [7, 11) is 0. The SMILES string of the molecule is CC(C)C1=C2[C@H]3CC[C@@H]4[C@@]5(C)CC[C@H](OC(=O)CC(C)(C)C(=O)O)C(C)(C)[C@@H]5CC[C@@]4(C)[C@]3(C)CC[C@@]2([C@@H](O)CCCc2ccc(Cl)cn2)CC1=O. The highest BCUT2D eigenvalue weighted by Crippen LogP contribution is 2.77. The van der Waals surface area contributed by atoms with E-state index in [4.69, 9.17) is 16.3 Å². The topological polar surface area (TPSA) is 114 Å². The number of carbonyl (C=O) groups is 3. The first-order valence-corrected chi connectivity index (χ1v) is 20.5. The summed E-state index contributed by atoms with van der Waals surface area (Å²) >= 11 is 6.06. The number of carbonyl (C=O) groups excluding carboxylic acids is 2. The lowest BCUT2D eigenvalue weighted by atomic mass is 9.33. The third-order valence-electron chi connectivity index (χ3n) is 16.2. The second-order valence-electron chi connectivity index (χ2n) is 19.9. The number of carboxylic acid groups (broad SMARTS) is 1. The summed E-state index contributed by atoms with van der Waals surface area (Å²) in [6, 6.07) is 3.82. The van der Waals surface area contributed by atoms with Gasteiger partial charge in [-0.2, -0.15) is 0 Å². The lowest BCUT2D eigenvalue weighted by Crippen LogP contribution is -2.66. The number of hydrogen-bond donors (Lipinski definition) is 2. The zero-order valence-corrected chi connectivity index (χ0v) is 34.0. The fourth-order valence-corrected chi connectivity index (χ4v) is 13.3. The Kier molecular flexibility index (Phi) is 10.2. The maximum atomic E-state index is 14.0. The molecule has 1 aromatic heterocycles. The van der Waals surface area contributed by atoms with Crippen LogP contribution in [0, 0.1) is 56.2 Å². The van der Waals surface area contributed by atoms with Gasteiger partial charge in [0.05, 0.1) is 23.0 Å². The molecule has 1 heterocycles. The van der Waals surface area contributed by atoms with Gasteiger partial charge in [0.25, 0.3) is 0 Å². The first kappa shape index (κ1) is 39.4. The molecule has 0 unspecified atom stereocenters. The first-order chi connectivity index (χ1) is 24.1. The fraction of sp³-hybridized carbons (Fsp3) is 0.773. The maximum absolute atomic E-state index is 14.0. The summed E-state index contributed by atoms with van der Waals surface area (Å²) in [5.41, 5.74) is 1.52. The average Bonchev–Trinajstić information content (AvgIpc) is 3.36. The van der Waals surface area contributed by atoms with Gasteiger partial charge in [0, 0.05) is 29.1 Å². The zero-order valence-electron chi connectivity index (χ0n) is 33.2. The molecule has 2 N–H and O–H groups in total. The number of aliphatic hydroxyl groups is 1. The van der Waals surface area contributed by atoms with Gasteiger partial charge in [-0.15, -0.1) is 0 Å². The minimum atomic E-state index is -1.16. The molecule has 6 rings (SSSR count). The number of aromatic nitrogens is 1. The van der Waals surface area contributed by atoms with Crippen LogP contribution in [0.15, 0.2) is 29.5 Å². The van der Waals surface area contributed by atoms with E-state index in [0.29, 0.717) is 29.7 Å². The molecule has 0 saturated heterocycles. The third kappa shape index (κ3) is 6.10. The van der Waals surface area contributed by atoms with E-state index >= 15 is 0 Å². The van der Waals surface area contributed by atoms with Crippen LogP contribution in [0.25, 0.3) is 0 Å². The van der Waals surface area contributed by atoms with E-state index in [-0.39, 0.29) is 51.8 Å². The van der Waals surface area contributed by atoms with Crippen molar-refractivity contribution in [2.24, 2.45) is 56.2 Å². The molecule has 1 aromatic rings. The number of pyridine rings is 1. The van der Waals surface area contributed by atoms with Crippen molar-refractivity contribution >= 4 is 29.3 Å². The van der Waals surface area contributed by atoms with E-state index in [1.165, 1.54) is 5.57 Å². The van der Waals surface area contributed by atoms with Crippen LogP contribution < -0.4 is 0 Å². The third-order valence-corrected chi connectivity index (χ3v) is 16.4. The Morgan fingerprint density at radius 2 is 1.69 bits per heavy atom. The van der Waals surface area contributed by atoms with E-state index in [2.05, 4.69) is 53.5 Å². The van der Waals surface area contributed by atoms with Crippen LogP contribution in [0.3, 0.4) is 0 Å². The highest BCUT2D eigenvalue weighted by molar-refractivity contribution is 6.30. The van der Waals surface area contributed by atoms with E-state index in [0.717, 1.165) is 75.5 Å². The number of ketones is 1. The van der Waals surface area contributed by atoms with E-state index in [9.17, 15) is 24.6 Å². The van der Waals surface area contributed by atoms with Crippen LogP contribution in [0.4, 0.5) is 0 Å². The summed E-state index contributed by atoms with van der Waals surface area (Å²) in [6.45, 7) is 19.6. The summed E-state index contributed by atoms with van der Waals surface area (Å²) in [5, 5.41) is 22.4. The van der Waals surface area contributed by atoms with Crippen molar-refractivity contribution in [1.29, 1.82) is 0 Å². The summed E-state index contributed by atoms with van der Waals surface area (Å²) in [4.78, 5) is 43.3. The molecule has 288 valence electrons. The number of allylic oxidation sites excluding steroid dienone is 1. The molecule has 5 aliphatic carbocycles. The number of aliphatic carboxylic acids is 1. The molecule has 0 bridgehead atoms. The van der Waals surface area contributed by atoms with Crippen LogP contribution in [-0.4, -0.2) is 45.1 Å². The predicted molar refractivity (Wildman–Crippen MR) is 204 cm³/mol. The number of ether oxygens (including phenoxy) is 1. The number of aliphatic hydroxyl groups excluding tert-OH is 1. The van der Waals surface area contributed by atoms with Crippen LogP contribution in [-0.2, 0) is 25.5 Å². The number of fused-ring (bicyclic) bond motifs is 7. The highest BCUT2D eigenvalue weighted by Gasteiger charge is 2.70. The minimum absolute atomic E-state index is 0.00366. The van der Waals surface area contributed by atoms with Crippen molar-refractivity contribution < 1.29 is 29.3 Å². The van der Waals surface area contributed by atoms with Gasteiger partial charge in [0.1, 0.15) is 6.10 Å². The molecule has 9 atom stereocenters. The average molecular weight is 738 g/mol. The number of hydrogen-bond acceptors (Lipinski definition) is 6. The lowest BCUT2D eigenvalue weighted by molar-refractivity contribution is -0.235. The predicted octanol–water partition coefficient (Wildman–Crippen LogP) is 9.81. The number of esters is 1. The summed E-state index contributed by atoms with van der Waals surface area (Å²) in [6.07, 6.45) is 11.3. The molecular weight excluding hydrogens is 674 g/mol. The smallest absolute Gasteiger partial charge is 0.309 e. The number of nitrogens with zero attached hydrogens (tertiary/aromatic N) is 1. The fourth-order valence-electron chi connectivity index (χ4n) is 13.2. The van der Waals surface area contributed by atoms with Crippen molar-refractivity contribution in [2.45, 2.75) is 158 Å². The van der Waals surface area contributed by atoms with Crippen molar-refractivity contribution in [2.75, 3.05) is 0 Å². The molecule has 7 nitrogen and oxygen atoms in total. The monoisotopic (exact) mass is 737 g/mol. The summed E-state index contributed by atoms with van der Waals surface area (Å²) < 4.78 is 6.16. The number of halogens is 1. The largest absolute Gasteiger partial charge is 0.481 e. The van der Waals surface area contributed by atoms with Crippen molar-refractivity contribution in [3.05, 3.63) is 40.2 Å². The van der Waals surface area contributed by atoms with Crippen LogP contribution in [0.2, 0.25) is 5.02 Å². The van der Waals surface area contributed by atoms with Crippen molar-refractivity contribution in [3.8, 4) is 0 Å². The van der Waals surface area contributed by atoms with Crippen LogP contribution >= 0.6 is 11.6 Å². The van der Waals surface area contributed by atoms with Gasteiger partial charge in [0.15, 0.2) is 5.78 Å². The second-order valence-corrected chi connectivity index (χ2v) is 20.4. The van der Waals surface area contributed by atoms with Gasteiger partial charge in [-0.25, -0.2) is 0 Å². The molecular formula is C44H64ClNO6. The standard InChI is InChI=1S/C44H64ClNO6/c1-26(2)36-30(47)23-44(33(48)12-10-11-28-14-13-27(45)25-46-28)22-21-42(8)29(37(36)44)15-16-32-41(7)19-18-34(52-35(49)24-39(3,4)38(50)51)40(5,6)31(41)17-20-43(32,42)9/h13-14,25-26,29,31-34,48H,10-12,15-24H2,1-9H3,(H,50,51)/t29-,31+,32-,33+,34+,41+,42-,43-,44+/m1/s1. The molecule has 0 radical (unpaired) electrons. The molecule has 0 aliphatic heterocycles.